The number of likely N-dealkylation sites (tertiary alicyclic amines) is 1. The number of hydrogen-bond acceptors (Lipinski definition) is 5. The first kappa shape index (κ1) is 14.8. The average molecular weight is 297 g/mol. The van der Waals surface area contributed by atoms with Crippen molar-refractivity contribution in [3.8, 4) is 0 Å². The van der Waals surface area contributed by atoms with Gasteiger partial charge < -0.3 is 10.2 Å². The minimum atomic E-state index is -0.220. The lowest BCUT2D eigenvalue weighted by molar-refractivity contribution is -0.129. The van der Waals surface area contributed by atoms with Crippen molar-refractivity contribution in [2.45, 2.75) is 31.3 Å². The van der Waals surface area contributed by atoms with Gasteiger partial charge in [-0.15, -0.1) is 16.9 Å². The van der Waals surface area contributed by atoms with Crippen LogP contribution in [0.3, 0.4) is 0 Å². The number of carbonyl (C=O) groups excluding carboxylic acids is 2. The molecule has 0 spiro atoms. The Labute approximate surface area is 121 Å². The number of carbonyl (C=O) groups is 2. The molecule has 0 bridgehead atoms. The molecule has 0 unspecified atom stereocenters. The molecule has 0 radical (unpaired) electrons. The summed E-state index contributed by atoms with van der Waals surface area (Å²) in [4.78, 5) is 25.5. The van der Waals surface area contributed by atoms with Gasteiger partial charge in [0, 0.05) is 31.3 Å². The standard InChI is InChI=1S/C12H19N5O2S/c1-8(2)17-7-9(5-11(17)18)12(19)13-3-4-20-10-6-14-16-15-10/h6,8-9H,3-5,7H2,1-2H3,(H,13,19)(H,14,15,16)/t9-/m0/s1. The molecule has 2 heterocycles. The summed E-state index contributed by atoms with van der Waals surface area (Å²) in [5, 5.41) is 13.8. The monoisotopic (exact) mass is 297 g/mol. The molecule has 1 aromatic rings. The van der Waals surface area contributed by atoms with Gasteiger partial charge in [-0.25, -0.2) is 0 Å². The van der Waals surface area contributed by atoms with E-state index in [0.29, 0.717) is 19.5 Å². The Morgan fingerprint density at radius 2 is 2.45 bits per heavy atom. The minimum Gasteiger partial charge on any atom is -0.355 e. The Morgan fingerprint density at radius 1 is 1.65 bits per heavy atom. The normalized spacial score (nSPS) is 18.9. The lowest BCUT2D eigenvalue weighted by Crippen LogP contribution is -2.36. The van der Waals surface area contributed by atoms with E-state index in [2.05, 4.69) is 20.7 Å². The van der Waals surface area contributed by atoms with Gasteiger partial charge in [0.15, 0.2) is 0 Å². The first-order valence-electron chi connectivity index (χ1n) is 6.63. The molecule has 110 valence electrons. The van der Waals surface area contributed by atoms with Crippen molar-refractivity contribution in [3.63, 3.8) is 0 Å². The van der Waals surface area contributed by atoms with Gasteiger partial charge in [0.05, 0.1) is 12.1 Å². The van der Waals surface area contributed by atoms with Gasteiger partial charge in [-0.05, 0) is 13.8 Å². The number of aromatic nitrogens is 3. The number of thioether (sulfide) groups is 1. The highest BCUT2D eigenvalue weighted by molar-refractivity contribution is 7.99. The van der Waals surface area contributed by atoms with Gasteiger partial charge in [-0.3, -0.25) is 9.59 Å². The van der Waals surface area contributed by atoms with E-state index in [1.165, 1.54) is 11.8 Å². The van der Waals surface area contributed by atoms with E-state index in [1.807, 2.05) is 13.8 Å². The molecule has 20 heavy (non-hydrogen) atoms. The van der Waals surface area contributed by atoms with Crippen LogP contribution in [0.1, 0.15) is 20.3 Å². The summed E-state index contributed by atoms with van der Waals surface area (Å²) in [5.41, 5.74) is 0. The summed E-state index contributed by atoms with van der Waals surface area (Å²) in [6.07, 6.45) is 1.96. The molecule has 0 aliphatic carbocycles. The van der Waals surface area contributed by atoms with Crippen LogP contribution in [-0.4, -0.2) is 57.0 Å². The third-order valence-electron chi connectivity index (χ3n) is 3.20. The third kappa shape index (κ3) is 3.72. The number of nitrogens with zero attached hydrogens (tertiary/aromatic N) is 3. The zero-order valence-electron chi connectivity index (χ0n) is 11.6. The van der Waals surface area contributed by atoms with Crippen molar-refractivity contribution in [3.05, 3.63) is 6.20 Å². The lowest BCUT2D eigenvalue weighted by atomic mass is 10.1. The molecule has 2 N–H and O–H groups in total. The highest BCUT2D eigenvalue weighted by atomic mass is 32.2. The second-order valence-corrected chi connectivity index (χ2v) is 6.10. The fourth-order valence-corrected chi connectivity index (χ4v) is 2.79. The molecule has 2 rings (SSSR count). The number of H-pyrrole nitrogens is 1. The number of rotatable bonds is 6. The molecule has 0 saturated carbocycles. The Bertz CT molecular complexity index is 462. The minimum absolute atomic E-state index is 0.0396. The molecule has 2 amide bonds. The summed E-state index contributed by atoms with van der Waals surface area (Å²) < 4.78 is 0. The molecular weight excluding hydrogens is 278 g/mol. The molecule has 1 atom stereocenters. The van der Waals surface area contributed by atoms with Gasteiger partial charge >= 0.3 is 0 Å². The van der Waals surface area contributed by atoms with Crippen molar-refractivity contribution in [2.75, 3.05) is 18.8 Å². The van der Waals surface area contributed by atoms with E-state index in [0.717, 1.165) is 10.8 Å². The smallest absolute Gasteiger partial charge is 0.225 e. The van der Waals surface area contributed by atoms with Crippen LogP contribution in [0.5, 0.6) is 0 Å². The number of amides is 2. The van der Waals surface area contributed by atoms with Gasteiger partial charge in [0.2, 0.25) is 11.8 Å². The average Bonchev–Trinajstić information content (AvgIpc) is 3.03. The molecule has 0 aromatic carbocycles. The van der Waals surface area contributed by atoms with Crippen molar-refractivity contribution in [1.29, 1.82) is 0 Å². The fraction of sp³-hybridized carbons (Fsp3) is 0.667. The molecule has 8 heteroatoms. The van der Waals surface area contributed by atoms with Gasteiger partial charge in [0.1, 0.15) is 5.03 Å². The second-order valence-electron chi connectivity index (χ2n) is 4.99. The van der Waals surface area contributed by atoms with E-state index in [1.54, 1.807) is 11.1 Å². The largest absolute Gasteiger partial charge is 0.355 e. The van der Waals surface area contributed by atoms with Crippen LogP contribution in [-0.2, 0) is 9.59 Å². The molecule has 1 aliphatic rings. The summed E-state index contributed by atoms with van der Waals surface area (Å²) in [6.45, 7) is 5.01. The molecule has 1 aromatic heterocycles. The maximum Gasteiger partial charge on any atom is 0.225 e. The van der Waals surface area contributed by atoms with Crippen LogP contribution in [0.25, 0.3) is 0 Å². The van der Waals surface area contributed by atoms with E-state index in [-0.39, 0.29) is 23.8 Å². The maximum atomic E-state index is 12.0. The van der Waals surface area contributed by atoms with Crippen LogP contribution in [0.2, 0.25) is 0 Å². The number of aromatic amines is 1. The summed E-state index contributed by atoms with van der Waals surface area (Å²) in [5.74, 6) is 0.536. The predicted octanol–water partition coefficient (Wildman–Crippen LogP) is 0.270. The van der Waals surface area contributed by atoms with Gasteiger partial charge in [-0.1, -0.05) is 0 Å². The maximum absolute atomic E-state index is 12.0. The Balaban J connectivity index is 1.69. The van der Waals surface area contributed by atoms with Crippen molar-refractivity contribution in [1.82, 2.24) is 25.6 Å². The summed E-state index contributed by atoms with van der Waals surface area (Å²) in [6, 6.07) is 0.156. The molecule has 7 nitrogen and oxygen atoms in total. The molecule has 1 saturated heterocycles. The zero-order chi connectivity index (χ0) is 14.5. The van der Waals surface area contributed by atoms with E-state index in [9.17, 15) is 9.59 Å². The summed E-state index contributed by atoms with van der Waals surface area (Å²) >= 11 is 1.52. The molecular formula is C12H19N5O2S. The summed E-state index contributed by atoms with van der Waals surface area (Å²) in [7, 11) is 0. The van der Waals surface area contributed by atoms with E-state index >= 15 is 0 Å². The number of hydrogen-bond donors (Lipinski definition) is 2. The first-order chi connectivity index (χ1) is 9.58. The van der Waals surface area contributed by atoms with Gasteiger partial charge in [0.25, 0.3) is 0 Å². The third-order valence-corrected chi connectivity index (χ3v) is 4.10. The fourth-order valence-electron chi connectivity index (χ4n) is 2.14. The first-order valence-corrected chi connectivity index (χ1v) is 7.62. The van der Waals surface area contributed by atoms with Crippen LogP contribution < -0.4 is 5.32 Å². The van der Waals surface area contributed by atoms with Crippen LogP contribution >= 0.6 is 11.8 Å². The van der Waals surface area contributed by atoms with Crippen LogP contribution in [0.4, 0.5) is 0 Å². The molecule has 1 aliphatic heterocycles. The van der Waals surface area contributed by atoms with Gasteiger partial charge in [-0.2, -0.15) is 10.3 Å². The topological polar surface area (TPSA) is 91.0 Å². The van der Waals surface area contributed by atoms with E-state index < -0.39 is 0 Å². The van der Waals surface area contributed by atoms with Crippen molar-refractivity contribution in [2.24, 2.45) is 5.92 Å². The van der Waals surface area contributed by atoms with Crippen molar-refractivity contribution >= 4 is 23.6 Å². The van der Waals surface area contributed by atoms with E-state index in [4.69, 9.17) is 0 Å². The SMILES string of the molecule is CC(C)N1C[C@@H](C(=O)NCCSc2cn[nH]n2)CC1=O. The highest BCUT2D eigenvalue weighted by Gasteiger charge is 2.35. The Hall–Kier alpha value is -1.57. The Kier molecular flexibility index (Phi) is 4.99. The van der Waals surface area contributed by atoms with Crippen molar-refractivity contribution < 1.29 is 9.59 Å². The number of nitrogens with one attached hydrogen (secondary N) is 2. The lowest BCUT2D eigenvalue weighted by Gasteiger charge is -2.20. The zero-order valence-corrected chi connectivity index (χ0v) is 12.4. The molecule has 1 fully saturated rings. The van der Waals surface area contributed by atoms with Crippen LogP contribution in [0, 0.1) is 5.92 Å². The highest BCUT2D eigenvalue weighted by Crippen LogP contribution is 2.20. The second kappa shape index (κ2) is 6.74. The quantitative estimate of drug-likeness (QED) is 0.581. The predicted molar refractivity (Wildman–Crippen MR) is 75.1 cm³/mol. The Morgan fingerprint density at radius 3 is 3.05 bits per heavy atom. The van der Waals surface area contributed by atoms with Crippen LogP contribution in [0.15, 0.2) is 11.2 Å².